The summed E-state index contributed by atoms with van der Waals surface area (Å²) in [5.74, 6) is 1.92. The van der Waals surface area contributed by atoms with E-state index >= 15 is 0 Å². The molecule has 2 fully saturated rings. The van der Waals surface area contributed by atoms with Gasteiger partial charge in [-0.3, -0.25) is 14.4 Å². The topological polar surface area (TPSA) is 89.1 Å². The van der Waals surface area contributed by atoms with Crippen LogP contribution in [0.15, 0.2) is 16.8 Å². The predicted molar refractivity (Wildman–Crippen MR) is 85.4 cm³/mol. The predicted octanol–water partition coefficient (Wildman–Crippen LogP) is 1.34. The molecule has 128 valence electrons. The van der Waals surface area contributed by atoms with E-state index in [2.05, 4.69) is 25.5 Å². The molecule has 0 unspecified atom stereocenters. The summed E-state index contributed by atoms with van der Waals surface area (Å²) in [4.78, 5) is 18.5. The molecule has 0 aromatic carbocycles. The van der Waals surface area contributed by atoms with Gasteiger partial charge in [-0.15, -0.1) is 0 Å². The number of nitrogens with one attached hydrogen (secondary N) is 1. The monoisotopic (exact) mass is 330 g/mol. The van der Waals surface area contributed by atoms with E-state index in [-0.39, 0.29) is 11.9 Å². The zero-order valence-electron chi connectivity index (χ0n) is 13.8. The van der Waals surface area contributed by atoms with Gasteiger partial charge < -0.3 is 9.84 Å². The Morgan fingerprint density at radius 2 is 2.29 bits per heavy atom. The zero-order chi connectivity index (χ0) is 16.5. The molecule has 0 radical (unpaired) electrons. The lowest BCUT2D eigenvalue weighted by atomic mass is 10.1. The summed E-state index contributed by atoms with van der Waals surface area (Å²) in [7, 11) is 1.62. The van der Waals surface area contributed by atoms with E-state index in [9.17, 15) is 4.79 Å². The number of hydrogen-bond donors (Lipinski definition) is 1. The minimum atomic E-state index is -0.153. The summed E-state index contributed by atoms with van der Waals surface area (Å²) in [5, 5.41) is 11.1. The normalized spacial score (nSPS) is 21.8. The Balaban J connectivity index is 1.39. The highest BCUT2D eigenvalue weighted by molar-refractivity contribution is 5.91. The van der Waals surface area contributed by atoms with Crippen molar-refractivity contribution in [2.75, 3.05) is 20.1 Å². The third-order valence-electron chi connectivity index (χ3n) is 4.71. The van der Waals surface area contributed by atoms with Crippen LogP contribution in [-0.4, -0.2) is 50.9 Å². The summed E-state index contributed by atoms with van der Waals surface area (Å²) in [6, 6.07) is 2.03. The van der Waals surface area contributed by atoms with Gasteiger partial charge in [0.15, 0.2) is 5.82 Å². The van der Waals surface area contributed by atoms with Crippen LogP contribution >= 0.6 is 0 Å². The van der Waals surface area contributed by atoms with Crippen LogP contribution in [0, 0.1) is 0 Å². The molecule has 2 aliphatic rings. The lowest BCUT2D eigenvalue weighted by molar-refractivity contribution is 0.0955. The van der Waals surface area contributed by atoms with Crippen LogP contribution in [0.2, 0.25) is 0 Å². The Kier molecular flexibility index (Phi) is 4.05. The van der Waals surface area contributed by atoms with E-state index in [1.165, 1.54) is 12.8 Å². The molecule has 1 N–H and O–H groups in total. The van der Waals surface area contributed by atoms with E-state index in [1.807, 2.05) is 10.9 Å². The summed E-state index contributed by atoms with van der Waals surface area (Å²) in [6.45, 7) is 2.57. The van der Waals surface area contributed by atoms with Crippen molar-refractivity contribution in [3.8, 4) is 0 Å². The van der Waals surface area contributed by atoms with Crippen molar-refractivity contribution in [1.29, 1.82) is 0 Å². The van der Waals surface area contributed by atoms with Crippen LogP contribution in [0.3, 0.4) is 0 Å². The van der Waals surface area contributed by atoms with Crippen LogP contribution in [0.1, 0.15) is 59.8 Å². The Hall–Kier alpha value is -2.22. The molecule has 0 spiro atoms. The van der Waals surface area contributed by atoms with Gasteiger partial charge in [-0.05, 0) is 38.3 Å². The standard InChI is InChI=1S/C16H22N6O2/c1-17-16(23)13-6-8-22(19-13)12-3-2-7-21(9-12)10-14-18-15(20-24-14)11-4-5-11/h6,8,11-12H,2-5,7,9-10H2,1H3,(H,17,23)/t12-/m0/s1. The van der Waals surface area contributed by atoms with Crippen LogP contribution in [0.5, 0.6) is 0 Å². The minimum Gasteiger partial charge on any atom is -0.354 e. The Bertz CT molecular complexity index is 720. The quantitative estimate of drug-likeness (QED) is 0.890. The SMILES string of the molecule is CNC(=O)c1ccn([C@H]2CCCN(Cc3nc(C4CC4)no3)C2)n1. The first-order chi connectivity index (χ1) is 11.7. The number of rotatable bonds is 5. The van der Waals surface area contributed by atoms with Gasteiger partial charge in [-0.2, -0.15) is 10.1 Å². The molecule has 0 bridgehead atoms. The largest absolute Gasteiger partial charge is 0.354 e. The average molecular weight is 330 g/mol. The average Bonchev–Trinajstić information content (AvgIpc) is 3.15. The van der Waals surface area contributed by atoms with Gasteiger partial charge >= 0.3 is 0 Å². The molecule has 1 aliphatic heterocycles. The van der Waals surface area contributed by atoms with Crippen molar-refractivity contribution < 1.29 is 9.32 Å². The number of likely N-dealkylation sites (tertiary alicyclic amines) is 1. The highest BCUT2D eigenvalue weighted by Crippen LogP contribution is 2.38. The third-order valence-corrected chi connectivity index (χ3v) is 4.71. The number of carbonyl (C=O) groups excluding carboxylic acids is 1. The second-order valence-corrected chi connectivity index (χ2v) is 6.61. The maximum Gasteiger partial charge on any atom is 0.271 e. The van der Waals surface area contributed by atoms with Crippen molar-refractivity contribution in [2.45, 2.75) is 44.2 Å². The van der Waals surface area contributed by atoms with Gasteiger partial charge in [0.25, 0.3) is 5.91 Å². The van der Waals surface area contributed by atoms with Crippen LogP contribution in [-0.2, 0) is 6.54 Å². The molecular weight excluding hydrogens is 308 g/mol. The number of amides is 1. The molecule has 4 rings (SSSR count). The Morgan fingerprint density at radius 3 is 3.08 bits per heavy atom. The third kappa shape index (κ3) is 3.19. The van der Waals surface area contributed by atoms with Crippen molar-refractivity contribution in [3.63, 3.8) is 0 Å². The first kappa shape index (κ1) is 15.3. The lowest BCUT2D eigenvalue weighted by Crippen LogP contribution is -2.36. The van der Waals surface area contributed by atoms with Crippen molar-refractivity contribution in [3.05, 3.63) is 29.7 Å². The molecule has 2 aromatic heterocycles. The van der Waals surface area contributed by atoms with E-state index in [0.717, 1.165) is 31.8 Å². The molecule has 1 amide bonds. The number of aromatic nitrogens is 4. The van der Waals surface area contributed by atoms with E-state index in [0.29, 0.717) is 24.0 Å². The molecule has 1 saturated carbocycles. The van der Waals surface area contributed by atoms with E-state index in [4.69, 9.17) is 4.52 Å². The minimum absolute atomic E-state index is 0.153. The Labute approximate surface area is 140 Å². The van der Waals surface area contributed by atoms with Gasteiger partial charge in [0.2, 0.25) is 5.89 Å². The van der Waals surface area contributed by atoms with E-state index < -0.39 is 0 Å². The molecular formula is C16H22N6O2. The number of nitrogens with zero attached hydrogens (tertiary/aromatic N) is 5. The lowest BCUT2D eigenvalue weighted by Gasteiger charge is -2.31. The molecule has 8 heteroatoms. The second-order valence-electron chi connectivity index (χ2n) is 6.61. The molecule has 8 nitrogen and oxygen atoms in total. The fraction of sp³-hybridized carbons (Fsp3) is 0.625. The fourth-order valence-corrected chi connectivity index (χ4v) is 3.21. The summed E-state index contributed by atoms with van der Waals surface area (Å²) >= 11 is 0. The number of hydrogen-bond acceptors (Lipinski definition) is 6. The molecule has 24 heavy (non-hydrogen) atoms. The van der Waals surface area contributed by atoms with Gasteiger partial charge in [0.05, 0.1) is 12.6 Å². The van der Waals surface area contributed by atoms with Crippen molar-refractivity contribution in [1.82, 2.24) is 30.1 Å². The molecule has 1 saturated heterocycles. The van der Waals surface area contributed by atoms with Crippen LogP contribution in [0.25, 0.3) is 0 Å². The zero-order valence-corrected chi connectivity index (χ0v) is 13.8. The van der Waals surface area contributed by atoms with Crippen LogP contribution in [0.4, 0.5) is 0 Å². The van der Waals surface area contributed by atoms with Crippen molar-refractivity contribution >= 4 is 5.91 Å². The highest BCUT2D eigenvalue weighted by atomic mass is 16.5. The van der Waals surface area contributed by atoms with Gasteiger partial charge in [-0.1, -0.05) is 5.16 Å². The molecule has 2 aromatic rings. The highest BCUT2D eigenvalue weighted by Gasteiger charge is 2.29. The fourth-order valence-electron chi connectivity index (χ4n) is 3.21. The Morgan fingerprint density at radius 1 is 1.42 bits per heavy atom. The number of piperidine rings is 1. The van der Waals surface area contributed by atoms with Gasteiger partial charge in [0.1, 0.15) is 5.69 Å². The maximum atomic E-state index is 11.7. The summed E-state index contributed by atoms with van der Waals surface area (Å²) in [6.07, 6.45) is 6.39. The molecule has 3 heterocycles. The van der Waals surface area contributed by atoms with Gasteiger partial charge in [0, 0.05) is 25.7 Å². The van der Waals surface area contributed by atoms with Gasteiger partial charge in [-0.25, -0.2) is 0 Å². The first-order valence-corrected chi connectivity index (χ1v) is 8.55. The number of carbonyl (C=O) groups is 1. The summed E-state index contributed by atoms with van der Waals surface area (Å²) < 4.78 is 7.28. The smallest absolute Gasteiger partial charge is 0.271 e. The van der Waals surface area contributed by atoms with E-state index in [1.54, 1.807) is 13.1 Å². The van der Waals surface area contributed by atoms with Crippen LogP contribution < -0.4 is 5.32 Å². The second kappa shape index (κ2) is 6.35. The maximum absolute atomic E-state index is 11.7. The first-order valence-electron chi connectivity index (χ1n) is 8.55. The molecule has 1 aliphatic carbocycles. The summed E-state index contributed by atoms with van der Waals surface area (Å²) in [5.41, 5.74) is 0.459. The molecule has 1 atom stereocenters. The van der Waals surface area contributed by atoms with Crippen molar-refractivity contribution in [2.24, 2.45) is 0 Å².